The third-order valence-corrected chi connectivity index (χ3v) is 7.75. The molecule has 2 heterocycles. The summed E-state index contributed by atoms with van der Waals surface area (Å²) in [4.78, 5) is 7.43. The van der Waals surface area contributed by atoms with Crippen molar-refractivity contribution in [1.82, 2.24) is 4.90 Å². The summed E-state index contributed by atoms with van der Waals surface area (Å²) in [6, 6.07) is 13.1. The van der Waals surface area contributed by atoms with Gasteiger partial charge in [-0.3, -0.25) is 4.90 Å². The van der Waals surface area contributed by atoms with Crippen molar-refractivity contribution in [2.45, 2.75) is 51.9 Å². The van der Waals surface area contributed by atoms with Gasteiger partial charge in [0, 0.05) is 31.9 Å². The molecule has 2 aromatic carbocycles. The summed E-state index contributed by atoms with van der Waals surface area (Å²) in [6.45, 7) is 12.7. The van der Waals surface area contributed by atoms with Gasteiger partial charge in [0.1, 0.15) is 0 Å². The standard InChI is InChI=1S/C28H37Cl2N3/c1-22(2)14-17-32-16-7-9-24-13-12-23(20-27(24)32)8-4-3-5-15-31-18-19-33(21-31)26-11-6-10-25(29)28(26)30/h6,10-13,20H,1,3-5,7-9,14-19,21H2,2H3. The molecular formula is C28H37Cl2N3. The molecule has 0 aliphatic carbocycles. The molecule has 4 rings (SSSR count). The Bertz CT molecular complexity index is 958. The van der Waals surface area contributed by atoms with E-state index in [-0.39, 0.29) is 0 Å². The summed E-state index contributed by atoms with van der Waals surface area (Å²) in [7, 11) is 0. The Hall–Kier alpha value is -1.68. The van der Waals surface area contributed by atoms with Crippen molar-refractivity contribution < 1.29 is 0 Å². The summed E-state index contributed by atoms with van der Waals surface area (Å²) >= 11 is 12.6. The molecule has 2 aromatic rings. The fourth-order valence-corrected chi connectivity index (χ4v) is 5.43. The second-order valence-corrected chi connectivity index (χ2v) is 10.5. The average molecular weight is 487 g/mol. The summed E-state index contributed by atoms with van der Waals surface area (Å²) in [5, 5.41) is 1.30. The second kappa shape index (κ2) is 11.6. The second-order valence-electron chi connectivity index (χ2n) is 9.67. The minimum atomic E-state index is 0.633. The van der Waals surface area contributed by atoms with E-state index >= 15 is 0 Å². The third kappa shape index (κ3) is 6.47. The van der Waals surface area contributed by atoms with Crippen LogP contribution in [0.3, 0.4) is 0 Å². The molecule has 3 nitrogen and oxygen atoms in total. The van der Waals surface area contributed by atoms with Gasteiger partial charge in [0.2, 0.25) is 0 Å². The molecule has 33 heavy (non-hydrogen) atoms. The molecule has 2 aliphatic rings. The lowest BCUT2D eigenvalue weighted by Crippen LogP contribution is -2.30. The highest BCUT2D eigenvalue weighted by Crippen LogP contribution is 2.33. The Labute approximate surface area is 210 Å². The maximum Gasteiger partial charge on any atom is 0.0826 e. The lowest BCUT2D eigenvalue weighted by atomic mass is 9.97. The Morgan fingerprint density at radius 3 is 2.70 bits per heavy atom. The van der Waals surface area contributed by atoms with Gasteiger partial charge < -0.3 is 9.80 Å². The Balaban J connectivity index is 1.20. The van der Waals surface area contributed by atoms with E-state index in [0.29, 0.717) is 10.0 Å². The molecule has 0 atom stereocenters. The zero-order valence-corrected chi connectivity index (χ0v) is 21.5. The highest BCUT2D eigenvalue weighted by molar-refractivity contribution is 6.43. The maximum absolute atomic E-state index is 6.41. The van der Waals surface area contributed by atoms with Crippen molar-refractivity contribution in [3.63, 3.8) is 0 Å². The normalized spacial score (nSPS) is 16.3. The van der Waals surface area contributed by atoms with Crippen LogP contribution >= 0.6 is 23.2 Å². The van der Waals surface area contributed by atoms with E-state index in [9.17, 15) is 0 Å². The van der Waals surface area contributed by atoms with Crippen LogP contribution in [-0.2, 0) is 12.8 Å². The van der Waals surface area contributed by atoms with E-state index in [2.05, 4.69) is 52.5 Å². The first kappa shape index (κ1) is 24.4. The van der Waals surface area contributed by atoms with Gasteiger partial charge in [0.05, 0.1) is 22.4 Å². The number of anilines is 2. The Morgan fingerprint density at radius 2 is 1.85 bits per heavy atom. The smallest absolute Gasteiger partial charge is 0.0826 e. The number of nitrogens with zero attached hydrogens (tertiary/aromatic N) is 3. The van der Waals surface area contributed by atoms with Gasteiger partial charge >= 0.3 is 0 Å². The van der Waals surface area contributed by atoms with Crippen LogP contribution in [-0.4, -0.2) is 44.3 Å². The first-order chi connectivity index (χ1) is 16.0. The van der Waals surface area contributed by atoms with Gasteiger partial charge in [0.15, 0.2) is 0 Å². The number of aryl methyl sites for hydroxylation is 2. The highest BCUT2D eigenvalue weighted by atomic mass is 35.5. The lowest BCUT2D eigenvalue weighted by molar-refractivity contribution is 0.331. The quantitative estimate of drug-likeness (QED) is 0.260. The van der Waals surface area contributed by atoms with E-state index in [0.717, 1.165) is 45.0 Å². The largest absolute Gasteiger partial charge is 0.371 e. The maximum atomic E-state index is 6.41. The molecule has 1 fully saturated rings. The molecule has 0 unspecified atom stereocenters. The Kier molecular flexibility index (Phi) is 8.62. The molecule has 0 spiro atoms. The first-order valence-electron chi connectivity index (χ1n) is 12.4. The molecule has 5 heteroatoms. The molecule has 0 radical (unpaired) electrons. The topological polar surface area (TPSA) is 9.72 Å². The van der Waals surface area contributed by atoms with E-state index in [1.54, 1.807) is 0 Å². The van der Waals surface area contributed by atoms with Gasteiger partial charge in [-0.1, -0.05) is 53.4 Å². The monoisotopic (exact) mass is 485 g/mol. The average Bonchev–Trinajstić information content (AvgIpc) is 3.27. The van der Waals surface area contributed by atoms with Crippen molar-refractivity contribution in [3.05, 3.63) is 69.7 Å². The van der Waals surface area contributed by atoms with Crippen LogP contribution in [0.2, 0.25) is 10.0 Å². The van der Waals surface area contributed by atoms with Crippen molar-refractivity contribution in [2.75, 3.05) is 49.2 Å². The number of halogens is 2. The van der Waals surface area contributed by atoms with Gasteiger partial charge in [-0.15, -0.1) is 6.58 Å². The Morgan fingerprint density at radius 1 is 0.970 bits per heavy atom. The lowest BCUT2D eigenvalue weighted by Gasteiger charge is -2.32. The zero-order chi connectivity index (χ0) is 23.2. The van der Waals surface area contributed by atoms with Gasteiger partial charge in [0.25, 0.3) is 0 Å². The number of hydrogen-bond donors (Lipinski definition) is 0. The van der Waals surface area contributed by atoms with E-state index < -0.39 is 0 Å². The molecule has 0 saturated carbocycles. The van der Waals surface area contributed by atoms with Crippen LogP contribution in [0, 0.1) is 0 Å². The number of rotatable bonds is 10. The van der Waals surface area contributed by atoms with Crippen LogP contribution in [0.1, 0.15) is 50.2 Å². The van der Waals surface area contributed by atoms with Crippen molar-refractivity contribution in [3.8, 4) is 0 Å². The predicted octanol–water partition coefficient (Wildman–Crippen LogP) is 7.20. The zero-order valence-electron chi connectivity index (χ0n) is 20.0. The molecule has 0 N–H and O–H groups in total. The number of benzene rings is 2. The van der Waals surface area contributed by atoms with E-state index in [1.807, 2.05) is 12.1 Å². The molecule has 0 amide bonds. The first-order valence-corrected chi connectivity index (χ1v) is 13.2. The van der Waals surface area contributed by atoms with Crippen molar-refractivity contribution in [1.29, 1.82) is 0 Å². The van der Waals surface area contributed by atoms with Crippen molar-refractivity contribution in [2.24, 2.45) is 0 Å². The predicted molar refractivity (Wildman–Crippen MR) is 144 cm³/mol. The summed E-state index contributed by atoms with van der Waals surface area (Å²) in [6.07, 6.45) is 8.50. The summed E-state index contributed by atoms with van der Waals surface area (Å²) in [5.41, 5.74) is 6.80. The molecule has 0 bridgehead atoms. The summed E-state index contributed by atoms with van der Waals surface area (Å²) in [5.74, 6) is 0. The van der Waals surface area contributed by atoms with Crippen LogP contribution in [0.5, 0.6) is 0 Å². The minimum Gasteiger partial charge on any atom is -0.371 e. The van der Waals surface area contributed by atoms with Gasteiger partial charge in [-0.05, 0) is 81.3 Å². The molecular weight excluding hydrogens is 449 g/mol. The molecule has 0 aromatic heterocycles. The number of unbranched alkanes of at least 4 members (excludes halogenated alkanes) is 2. The van der Waals surface area contributed by atoms with Crippen LogP contribution < -0.4 is 9.80 Å². The fourth-order valence-electron chi connectivity index (χ4n) is 5.01. The molecule has 1 saturated heterocycles. The number of hydrogen-bond acceptors (Lipinski definition) is 3. The molecule has 178 valence electrons. The van der Waals surface area contributed by atoms with Crippen LogP contribution in [0.15, 0.2) is 48.6 Å². The van der Waals surface area contributed by atoms with E-state index in [4.69, 9.17) is 23.2 Å². The van der Waals surface area contributed by atoms with Crippen molar-refractivity contribution >= 4 is 34.6 Å². The van der Waals surface area contributed by atoms with Crippen LogP contribution in [0.4, 0.5) is 11.4 Å². The van der Waals surface area contributed by atoms with Crippen LogP contribution in [0.25, 0.3) is 0 Å². The molecule has 2 aliphatic heterocycles. The van der Waals surface area contributed by atoms with Gasteiger partial charge in [-0.25, -0.2) is 0 Å². The van der Waals surface area contributed by atoms with E-state index in [1.165, 1.54) is 67.5 Å². The summed E-state index contributed by atoms with van der Waals surface area (Å²) < 4.78 is 0. The minimum absolute atomic E-state index is 0.633. The SMILES string of the molecule is C=C(C)CCN1CCCc2ccc(CCCCCN3CCN(c4cccc(Cl)c4Cl)C3)cc21. The fraction of sp³-hybridized carbons (Fsp3) is 0.500. The van der Waals surface area contributed by atoms with Gasteiger partial charge in [-0.2, -0.15) is 0 Å². The number of fused-ring (bicyclic) bond motifs is 1. The highest BCUT2D eigenvalue weighted by Gasteiger charge is 2.22. The third-order valence-electron chi connectivity index (χ3n) is 6.94.